The van der Waals surface area contributed by atoms with Gasteiger partial charge in [0.2, 0.25) is 0 Å². The fourth-order valence-electron chi connectivity index (χ4n) is 1.93. The number of hydrogen-bond acceptors (Lipinski definition) is 3. The van der Waals surface area contributed by atoms with Gasteiger partial charge in [0, 0.05) is 17.8 Å². The Balaban J connectivity index is 2.36. The van der Waals surface area contributed by atoms with Crippen LogP contribution >= 0.6 is 0 Å². The van der Waals surface area contributed by atoms with Crippen molar-refractivity contribution >= 4 is 9.84 Å². The third-order valence-corrected chi connectivity index (χ3v) is 5.27. The fraction of sp³-hybridized carbons (Fsp3) is 1.00. The fourth-order valence-corrected chi connectivity index (χ4v) is 3.50. The zero-order chi connectivity index (χ0) is 13.2. The maximum Gasteiger partial charge on any atom is 0.150 e. The molecule has 1 aliphatic carbocycles. The predicted molar refractivity (Wildman–Crippen MR) is 73.0 cm³/mol. The van der Waals surface area contributed by atoms with E-state index in [0.717, 1.165) is 19.4 Å². The van der Waals surface area contributed by atoms with Crippen LogP contribution in [0.15, 0.2) is 0 Å². The van der Waals surface area contributed by atoms with E-state index in [1.165, 1.54) is 12.8 Å². The molecule has 0 aromatic carbocycles. The average Bonchev–Trinajstić information content (AvgIpc) is 2.92. The molecule has 0 aromatic rings. The predicted octanol–water partition coefficient (Wildman–Crippen LogP) is 2.37. The quantitative estimate of drug-likeness (QED) is 0.765. The van der Waals surface area contributed by atoms with Gasteiger partial charge in [-0.1, -0.05) is 6.92 Å². The first-order valence-corrected chi connectivity index (χ1v) is 8.46. The second-order valence-corrected chi connectivity index (χ2v) is 8.81. The van der Waals surface area contributed by atoms with Gasteiger partial charge in [-0.25, -0.2) is 8.42 Å². The molecule has 102 valence electrons. The topological polar surface area (TPSA) is 46.2 Å². The summed E-state index contributed by atoms with van der Waals surface area (Å²) in [5, 5.41) is 3.50. The Hall–Kier alpha value is -0.0900. The van der Waals surface area contributed by atoms with Crippen LogP contribution in [0.1, 0.15) is 53.4 Å². The maximum atomic E-state index is 11.7. The van der Waals surface area contributed by atoms with Crippen LogP contribution in [0.3, 0.4) is 0 Å². The molecule has 3 nitrogen and oxygen atoms in total. The summed E-state index contributed by atoms with van der Waals surface area (Å²) in [4.78, 5) is 0. The molecule has 0 radical (unpaired) electrons. The lowest BCUT2D eigenvalue weighted by Gasteiger charge is -2.25. The number of sulfone groups is 1. The summed E-state index contributed by atoms with van der Waals surface area (Å²) in [5.74, 6) is 0.711. The Morgan fingerprint density at radius 1 is 1.18 bits per heavy atom. The van der Waals surface area contributed by atoms with E-state index in [1.54, 1.807) is 0 Å². The number of hydrogen-bond donors (Lipinski definition) is 1. The van der Waals surface area contributed by atoms with E-state index < -0.39 is 9.84 Å². The minimum absolute atomic E-state index is 0.123. The SMILES string of the molecule is CCCS(=O)(=O)CCC1(CNC(C)(C)C)CC1. The molecule has 1 fully saturated rings. The summed E-state index contributed by atoms with van der Waals surface area (Å²) in [6.07, 6.45) is 3.92. The lowest BCUT2D eigenvalue weighted by molar-refractivity contribution is 0.352. The normalized spacial score (nSPS) is 19.3. The largest absolute Gasteiger partial charge is 0.312 e. The summed E-state index contributed by atoms with van der Waals surface area (Å²) in [6.45, 7) is 9.33. The van der Waals surface area contributed by atoms with Gasteiger partial charge in [0.05, 0.1) is 5.75 Å². The van der Waals surface area contributed by atoms with E-state index in [0.29, 0.717) is 11.5 Å². The minimum atomic E-state index is -2.81. The van der Waals surface area contributed by atoms with E-state index in [4.69, 9.17) is 0 Å². The van der Waals surface area contributed by atoms with Gasteiger partial charge >= 0.3 is 0 Å². The standard InChI is InChI=1S/C13H27NO2S/c1-5-9-17(15,16)10-8-13(6-7-13)11-14-12(2,3)4/h14H,5-11H2,1-4H3. The van der Waals surface area contributed by atoms with E-state index in [-0.39, 0.29) is 11.0 Å². The van der Waals surface area contributed by atoms with Gasteiger partial charge in [-0.05, 0) is 51.9 Å². The van der Waals surface area contributed by atoms with Gasteiger partial charge in [0.15, 0.2) is 0 Å². The van der Waals surface area contributed by atoms with Crippen LogP contribution < -0.4 is 5.32 Å². The highest BCUT2D eigenvalue weighted by atomic mass is 32.2. The minimum Gasteiger partial charge on any atom is -0.312 e. The second kappa shape index (κ2) is 5.27. The van der Waals surface area contributed by atoms with Gasteiger partial charge in [0.25, 0.3) is 0 Å². The highest BCUT2D eigenvalue weighted by Gasteiger charge is 2.43. The lowest BCUT2D eigenvalue weighted by Crippen LogP contribution is -2.40. The summed E-state index contributed by atoms with van der Waals surface area (Å²) < 4.78 is 23.4. The van der Waals surface area contributed by atoms with E-state index >= 15 is 0 Å². The molecule has 4 heteroatoms. The second-order valence-electron chi connectivity index (χ2n) is 6.51. The molecule has 1 saturated carbocycles. The van der Waals surface area contributed by atoms with Crippen molar-refractivity contribution in [3.8, 4) is 0 Å². The van der Waals surface area contributed by atoms with Crippen LogP contribution in [0.4, 0.5) is 0 Å². The first-order chi connectivity index (χ1) is 7.68. The molecule has 1 aliphatic rings. The van der Waals surface area contributed by atoms with Crippen LogP contribution in [0.5, 0.6) is 0 Å². The molecule has 0 amide bonds. The first-order valence-electron chi connectivity index (χ1n) is 6.64. The summed E-state index contributed by atoms with van der Waals surface area (Å²) in [6, 6.07) is 0. The van der Waals surface area contributed by atoms with E-state index in [1.807, 2.05) is 6.92 Å². The zero-order valence-corrected chi connectivity index (χ0v) is 12.5. The Labute approximate surface area is 106 Å². The highest BCUT2D eigenvalue weighted by Crippen LogP contribution is 2.48. The van der Waals surface area contributed by atoms with Crippen molar-refractivity contribution in [1.29, 1.82) is 0 Å². The number of nitrogens with one attached hydrogen (secondary N) is 1. The van der Waals surface area contributed by atoms with E-state index in [2.05, 4.69) is 26.1 Å². The highest BCUT2D eigenvalue weighted by molar-refractivity contribution is 7.91. The monoisotopic (exact) mass is 261 g/mol. The van der Waals surface area contributed by atoms with Crippen molar-refractivity contribution < 1.29 is 8.42 Å². The molecular weight excluding hydrogens is 234 g/mol. The average molecular weight is 261 g/mol. The molecule has 0 aromatic heterocycles. The molecule has 0 heterocycles. The molecule has 0 bridgehead atoms. The van der Waals surface area contributed by atoms with Gasteiger partial charge in [-0.2, -0.15) is 0 Å². The van der Waals surface area contributed by atoms with Crippen LogP contribution in [-0.4, -0.2) is 32.0 Å². The zero-order valence-electron chi connectivity index (χ0n) is 11.7. The van der Waals surface area contributed by atoms with E-state index in [9.17, 15) is 8.42 Å². The lowest BCUT2D eigenvalue weighted by atomic mass is 10.0. The van der Waals surface area contributed by atoms with Crippen molar-refractivity contribution in [3.05, 3.63) is 0 Å². The van der Waals surface area contributed by atoms with Crippen molar-refractivity contribution in [1.82, 2.24) is 5.32 Å². The molecule has 0 saturated heterocycles. The number of rotatable bonds is 7. The van der Waals surface area contributed by atoms with Crippen LogP contribution in [0.25, 0.3) is 0 Å². The van der Waals surface area contributed by atoms with Crippen LogP contribution in [-0.2, 0) is 9.84 Å². The van der Waals surface area contributed by atoms with Gasteiger partial charge < -0.3 is 5.32 Å². The molecule has 0 spiro atoms. The van der Waals surface area contributed by atoms with Crippen molar-refractivity contribution in [2.75, 3.05) is 18.1 Å². The van der Waals surface area contributed by atoms with Crippen LogP contribution in [0.2, 0.25) is 0 Å². The first kappa shape index (κ1) is 15.0. The molecular formula is C13H27NO2S. The van der Waals surface area contributed by atoms with Gasteiger partial charge in [-0.15, -0.1) is 0 Å². The van der Waals surface area contributed by atoms with Crippen molar-refractivity contribution in [2.24, 2.45) is 5.41 Å². The molecule has 1 rings (SSSR count). The third kappa shape index (κ3) is 5.87. The Kier molecular flexibility index (Phi) is 4.64. The third-order valence-electron chi connectivity index (χ3n) is 3.41. The summed E-state index contributed by atoms with van der Waals surface area (Å²) >= 11 is 0. The smallest absolute Gasteiger partial charge is 0.150 e. The van der Waals surface area contributed by atoms with Crippen molar-refractivity contribution in [3.63, 3.8) is 0 Å². The molecule has 17 heavy (non-hydrogen) atoms. The van der Waals surface area contributed by atoms with Gasteiger partial charge in [-0.3, -0.25) is 0 Å². The molecule has 0 aliphatic heterocycles. The Morgan fingerprint density at radius 3 is 2.18 bits per heavy atom. The van der Waals surface area contributed by atoms with Gasteiger partial charge in [0.1, 0.15) is 9.84 Å². The maximum absolute atomic E-state index is 11.7. The van der Waals surface area contributed by atoms with Crippen molar-refractivity contribution in [2.45, 2.75) is 58.9 Å². The summed E-state index contributed by atoms with van der Waals surface area (Å²) in [5.41, 5.74) is 0.395. The Morgan fingerprint density at radius 2 is 1.76 bits per heavy atom. The summed E-state index contributed by atoms with van der Waals surface area (Å²) in [7, 11) is -2.81. The van der Waals surface area contributed by atoms with Crippen LogP contribution in [0, 0.1) is 5.41 Å². The molecule has 1 N–H and O–H groups in total. The Bertz CT molecular complexity index is 337. The molecule has 0 unspecified atom stereocenters. The molecule has 0 atom stereocenters.